The van der Waals surface area contributed by atoms with Crippen LogP contribution in [0.4, 0.5) is 0 Å². The number of aromatic nitrogens is 2. The second-order valence-electron chi connectivity index (χ2n) is 9.03. The van der Waals surface area contributed by atoms with E-state index in [1.807, 2.05) is 0 Å². The van der Waals surface area contributed by atoms with Crippen molar-refractivity contribution in [2.75, 3.05) is 34.0 Å². The fraction of sp³-hybridized carbons (Fsp3) is 0.423. The quantitative estimate of drug-likeness (QED) is 0.312. The van der Waals surface area contributed by atoms with Gasteiger partial charge in [-0.05, 0) is 42.7 Å². The van der Waals surface area contributed by atoms with E-state index < -0.39 is 19.9 Å². The third kappa shape index (κ3) is 6.62. The SMILES string of the molecule is COCCn1c(CN(C[C@@H]2CCCO2)S(=O)(=O)c2ccccc2)cnc1S(=O)(=O)Cc1cccc(OC)c1. The molecule has 1 aromatic heterocycles. The maximum atomic E-state index is 13.6. The first-order valence-corrected chi connectivity index (χ1v) is 15.4. The summed E-state index contributed by atoms with van der Waals surface area (Å²) in [6.07, 6.45) is 2.81. The van der Waals surface area contributed by atoms with E-state index >= 15 is 0 Å². The van der Waals surface area contributed by atoms with Crippen LogP contribution in [0.15, 0.2) is 70.8 Å². The topological polar surface area (TPSA) is 117 Å². The van der Waals surface area contributed by atoms with Gasteiger partial charge in [0.1, 0.15) is 5.75 Å². The second-order valence-corrected chi connectivity index (χ2v) is 12.9. The molecule has 206 valence electrons. The second kappa shape index (κ2) is 12.4. The lowest BCUT2D eigenvalue weighted by Gasteiger charge is -2.25. The number of methoxy groups -OCH3 is 2. The molecule has 10 nitrogen and oxygen atoms in total. The maximum absolute atomic E-state index is 13.6. The van der Waals surface area contributed by atoms with E-state index in [9.17, 15) is 16.8 Å². The van der Waals surface area contributed by atoms with Gasteiger partial charge in [0, 0.05) is 26.8 Å². The molecular weight excluding hydrogens is 530 g/mol. The van der Waals surface area contributed by atoms with Gasteiger partial charge in [0.2, 0.25) is 25.0 Å². The van der Waals surface area contributed by atoms with Crippen LogP contribution in [0.25, 0.3) is 0 Å². The number of hydrogen-bond acceptors (Lipinski definition) is 8. The summed E-state index contributed by atoms with van der Waals surface area (Å²) < 4.78 is 73.3. The zero-order chi connectivity index (χ0) is 27.2. The molecule has 1 atom stereocenters. The summed E-state index contributed by atoms with van der Waals surface area (Å²) in [7, 11) is -4.73. The third-order valence-corrected chi connectivity index (χ3v) is 9.76. The molecule has 0 aliphatic carbocycles. The Balaban J connectivity index is 1.68. The first-order chi connectivity index (χ1) is 18.2. The normalized spacial score (nSPS) is 16.2. The first-order valence-electron chi connectivity index (χ1n) is 12.3. The number of rotatable bonds is 13. The molecule has 2 aromatic carbocycles. The number of sulfone groups is 1. The van der Waals surface area contributed by atoms with Crippen molar-refractivity contribution in [1.29, 1.82) is 0 Å². The van der Waals surface area contributed by atoms with Crippen LogP contribution in [0.5, 0.6) is 5.75 Å². The average Bonchev–Trinajstić information content (AvgIpc) is 3.58. The van der Waals surface area contributed by atoms with Crippen LogP contribution in [0.3, 0.4) is 0 Å². The van der Waals surface area contributed by atoms with Gasteiger partial charge in [-0.2, -0.15) is 4.31 Å². The molecule has 0 spiro atoms. The Hall–Kier alpha value is -2.77. The third-order valence-electron chi connectivity index (χ3n) is 6.34. The molecule has 0 amide bonds. The van der Waals surface area contributed by atoms with Gasteiger partial charge in [0.25, 0.3) is 0 Å². The van der Waals surface area contributed by atoms with Gasteiger partial charge in [0.15, 0.2) is 0 Å². The molecule has 0 unspecified atom stereocenters. The molecule has 1 fully saturated rings. The highest BCUT2D eigenvalue weighted by atomic mass is 32.2. The highest BCUT2D eigenvalue weighted by molar-refractivity contribution is 7.90. The van der Waals surface area contributed by atoms with Crippen LogP contribution < -0.4 is 4.74 Å². The summed E-state index contributed by atoms with van der Waals surface area (Å²) in [4.78, 5) is 4.41. The Labute approximate surface area is 224 Å². The van der Waals surface area contributed by atoms with E-state index in [0.717, 1.165) is 12.8 Å². The van der Waals surface area contributed by atoms with Crippen molar-refractivity contribution in [2.24, 2.45) is 0 Å². The van der Waals surface area contributed by atoms with Crippen molar-refractivity contribution >= 4 is 19.9 Å². The van der Waals surface area contributed by atoms with Gasteiger partial charge in [-0.25, -0.2) is 21.8 Å². The van der Waals surface area contributed by atoms with Gasteiger partial charge in [-0.1, -0.05) is 30.3 Å². The molecule has 1 saturated heterocycles. The van der Waals surface area contributed by atoms with Crippen LogP contribution in [-0.4, -0.2) is 70.8 Å². The van der Waals surface area contributed by atoms with Gasteiger partial charge < -0.3 is 18.8 Å². The minimum Gasteiger partial charge on any atom is -0.497 e. The predicted molar refractivity (Wildman–Crippen MR) is 141 cm³/mol. The minimum atomic E-state index is -3.89. The molecule has 2 heterocycles. The largest absolute Gasteiger partial charge is 0.497 e. The summed E-state index contributed by atoms with van der Waals surface area (Å²) >= 11 is 0. The Bertz CT molecular complexity index is 1420. The molecule has 0 radical (unpaired) electrons. The van der Waals surface area contributed by atoms with Gasteiger partial charge in [-0.3, -0.25) is 0 Å². The lowest BCUT2D eigenvalue weighted by atomic mass is 10.2. The fourth-order valence-corrected chi connectivity index (χ4v) is 7.39. The van der Waals surface area contributed by atoms with Crippen LogP contribution in [-0.2, 0) is 48.2 Å². The van der Waals surface area contributed by atoms with Gasteiger partial charge in [0.05, 0.1) is 48.9 Å². The summed E-state index contributed by atoms with van der Waals surface area (Å²) in [5.41, 5.74) is 1.00. The fourth-order valence-electron chi connectivity index (χ4n) is 4.42. The van der Waals surface area contributed by atoms with E-state index in [-0.39, 0.29) is 48.1 Å². The van der Waals surface area contributed by atoms with Crippen LogP contribution in [0, 0.1) is 0 Å². The summed E-state index contributed by atoms with van der Waals surface area (Å²) in [5, 5.41) is -0.137. The molecule has 12 heteroatoms. The lowest BCUT2D eigenvalue weighted by molar-refractivity contribution is 0.0920. The Morgan fingerprint density at radius 1 is 1.08 bits per heavy atom. The number of hydrogen-bond donors (Lipinski definition) is 0. The van der Waals surface area contributed by atoms with Gasteiger partial charge >= 0.3 is 0 Å². The van der Waals surface area contributed by atoms with E-state index in [1.165, 1.54) is 29.3 Å². The molecule has 0 N–H and O–H groups in total. The molecular formula is C26H33N3O7S2. The van der Waals surface area contributed by atoms with E-state index in [0.29, 0.717) is 23.6 Å². The summed E-state index contributed by atoms with van der Waals surface area (Å²) in [5.74, 6) is 0.271. The van der Waals surface area contributed by atoms with Crippen LogP contribution in [0.1, 0.15) is 24.1 Å². The highest BCUT2D eigenvalue weighted by Crippen LogP contribution is 2.25. The number of nitrogens with zero attached hydrogens (tertiary/aromatic N) is 3. The molecule has 0 saturated carbocycles. The van der Waals surface area contributed by atoms with Crippen LogP contribution >= 0.6 is 0 Å². The highest BCUT2D eigenvalue weighted by Gasteiger charge is 2.32. The zero-order valence-electron chi connectivity index (χ0n) is 21.5. The molecule has 3 aromatic rings. The molecule has 1 aliphatic heterocycles. The Morgan fingerprint density at radius 2 is 1.87 bits per heavy atom. The van der Waals surface area contributed by atoms with E-state index in [2.05, 4.69) is 4.98 Å². The number of sulfonamides is 1. The number of benzene rings is 2. The average molecular weight is 564 g/mol. The van der Waals surface area contributed by atoms with Crippen molar-refractivity contribution in [3.63, 3.8) is 0 Å². The molecule has 1 aliphatic rings. The molecule has 0 bridgehead atoms. The standard InChI is InChI=1S/C26H33N3O7S2/c1-34-15-13-29-22(17-27-26(29)37(30,31)20-21-8-6-9-23(16-21)35-2)18-28(19-24-10-7-14-36-24)38(32,33)25-11-4-3-5-12-25/h3-6,8-9,11-12,16-17,24H,7,10,13-15,18-20H2,1-2H3/t24-/m0/s1. The van der Waals surface area contributed by atoms with E-state index in [4.69, 9.17) is 14.2 Å². The van der Waals surface area contributed by atoms with E-state index in [1.54, 1.807) is 54.6 Å². The molecule has 38 heavy (non-hydrogen) atoms. The number of ether oxygens (including phenoxy) is 3. The maximum Gasteiger partial charge on any atom is 0.243 e. The van der Waals surface area contributed by atoms with Crippen molar-refractivity contribution in [3.05, 3.63) is 72.1 Å². The van der Waals surface area contributed by atoms with Gasteiger partial charge in [-0.15, -0.1) is 0 Å². The van der Waals surface area contributed by atoms with Crippen molar-refractivity contribution in [3.8, 4) is 5.75 Å². The minimum absolute atomic E-state index is 0.0670. The number of imidazole rings is 1. The molecule has 4 rings (SSSR count). The van der Waals surface area contributed by atoms with Crippen molar-refractivity contribution in [1.82, 2.24) is 13.9 Å². The monoisotopic (exact) mass is 563 g/mol. The zero-order valence-corrected chi connectivity index (χ0v) is 23.2. The Morgan fingerprint density at radius 3 is 2.55 bits per heavy atom. The van der Waals surface area contributed by atoms with Crippen molar-refractivity contribution < 1.29 is 31.0 Å². The predicted octanol–water partition coefficient (Wildman–Crippen LogP) is 2.88. The Kier molecular flexibility index (Phi) is 9.21. The summed E-state index contributed by atoms with van der Waals surface area (Å²) in [6, 6.07) is 15.0. The lowest BCUT2D eigenvalue weighted by Crippen LogP contribution is -2.37. The summed E-state index contributed by atoms with van der Waals surface area (Å²) in [6.45, 7) is 1.09. The van der Waals surface area contributed by atoms with Crippen molar-refractivity contribution in [2.45, 2.75) is 47.8 Å². The first kappa shape index (κ1) is 28.2. The smallest absolute Gasteiger partial charge is 0.243 e. The van der Waals surface area contributed by atoms with Crippen LogP contribution in [0.2, 0.25) is 0 Å².